The fourth-order valence-corrected chi connectivity index (χ4v) is 3.04. The minimum absolute atomic E-state index is 0.220. The fraction of sp³-hybridized carbons (Fsp3) is 0.304. The fourth-order valence-electron chi connectivity index (χ4n) is 3.04. The van der Waals surface area contributed by atoms with Crippen LogP contribution in [0.5, 0.6) is 5.75 Å². The summed E-state index contributed by atoms with van der Waals surface area (Å²) >= 11 is 0. The second kappa shape index (κ2) is 11.2. The van der Waals surface area contributed by atoms with E-state index < -0.39 is 0 Å². The molecule has 0 saturated heterocycles. The molecule has 0 aliphatic heterocycles. The maximum Gasteiger partial charge on any atom is 0.273 e. The maximum atomic E-state index is 13.3. The third-order valence-electron chi connectivity index (χ3n) is 4.62. The van der Waals surface area contributed by atoms with E-state index in [1.807, 2.05) is 24.3 Å². The third-order valence-corrected chi connectivity index (χ3v) is 4.62. The van der Waals surface area contributed by atoms with Gasteiger partial charge in [0.05, 0.1) is 20.3 Å². The Balaban J connectivity index is 1.71. The number of methoxy groups -OCH3 is 2. The topological polar surface area (TPSA) is 76.8 Å². The van der Waals surface area contributed by atoms with Crippen molar-refractivity contribution >= 4 is 5.91 Å². The lowest BCUT2D eigenvalue weighted by Gasteiger charge is -2.21. The normalized spacial score (nSPS) is 11.0. The van der Waals surface area contributed by atoms with Gasteiger partial charge in [-0.1, -0.05) is 24.3 Å². The average Bonchev–Trinajstić information content (AvgIpc) is 3.24. The van der Waals surface area contributed by atoms with Crippen LogP contribution in [0.2, 0.25) is 0 Å². The number of amides is 1. The molecule has 0 atom stereocenters. The number of hydrogen-bond donors (Lipinski definition) is 1. The summed E-state index contributed by atoms with van der Waals surface area (Å²) in [5.74, 6) is 0.618. The van der Waals surface area contributed by atoms with Crippen molar-refractivity contribution in [1.29, 1.82) is 0 Å². The van der Waals surface area contributed by atoms with Gasteiger partial charge in [-0.05, 0) is 35.4 Å². The van der Waals surface area contributed by atoms with Gasteiger partial charge in [0.25, 0.3) is 5.91 Å². The van der Waals surface area contributed by atoms with E-state index in [9.17, 15) is 9.18 Å². The zero-order chi connectivity index (χ0) is 22.1. The second-order valence-corrected chi connectivity index (χ2v) is 6.99. The first-order valence-electron chi connectivity index (χ1n) is 9.88. The number of hydrogen-bond acceptors (Lipinski definition) is 6. The van der Waals surface area contributed by atoms with Crippen molar-refractivity contribution in [2.24, 2.45) is 0 Å². The lowest BCUT2D eigenvalue weighted by molar-refractivity contribution is 0.0932. The lowest BCUT2D eigenvalue weighted by atomic mass is 10.1. The van der Waals surface area contributed by atoms with Crippen molar-refractivity contribution in [3.63, 3.8) is 0 Å². The van der Waals surface area contributed by atoms with Gasteiger partial charge in [0.1, 0.15) is 17.8 Å². The molecule has 0 bridgehead atoms. The number of rotatable bonds is 11. The van der Waals surface area contributed by atoms with E-state index in [1.165, 1.54) is 18.4 Å². The van der Waals surface area contributed by atoms with Gasteiger partial charge in [0.15, 0.2) is 5.69 Å². The molecule has 2 aromatic carbocycles. The van der Waals surface area contributed by atoms with Crippen LogP contribution in [-0.2, 0) is 24.4 Å². The number of carbonyl (C=O) groups is 1. The van der Waals surface area contributed by atoms with Crippen molar-refractivity contribution in [3.05, 3.63) is 83.3 Å². The Kier molecular flexibility index (Phi) is 8.14. The largest absolute Gasteiger partial charge is 0.497 e. The van der Waals surface area contributed by atoms with Crippen LogP contribution in [0.3, 0.4) is 0 Å². The molecule has 0 saturated carbocycles. The summed E-state index contributed by atoms with van der Waals surface area (Å²) in [6, 6.07) is 14.2. The van der Waals surface area contributed by atoms with Gasteiger partial charge >= 0.3 is 0 Å². The van der Waals surface area contributed by atoms with E-state index in [2.05, 4.69) is 15.2 Å². The molecular formula is C23H26FN3O4. The summed E-state index contributed by atoms with van der Waals surface area (Å²) < 4.78 is 29.0. The molecule has 164 valence electrons. The van der Waals surface area contributed by atoms with E-state index in [0.29, 0.717) is 38.7 Å². The van der Waals surface area contributed by atoms with Crippen LogP contribution in [0.4, 0.5) is 4.39 Å². The molecule has 1 aromatic heterocycles. The molecule has 0 spiro atoms. The highest BCUT2D eigenvalue weighted by Gasteiger charge is 2.16. The molecule has 7 nitrogen and oxygen atoms in total. The Hall–Kier alpha value is -3.23. The number of oxazole rings is 1. The van der Waals surface area contributed by atoms with Crippen LogP contribution >= 0.6 is 0 Å². The third kappa shape index (κ3) is 6.91. The van der Waals surface area contributed by atoms with Crippen LogP contribution in [0.25, 0.3) is 0 Å². The van der Waals surface area contributed by atoms with E-state index >= 15 is 0 Å². The Labute approximate surface area is 180 Å². The quantitative estimate of drug-likeness (QED) is 0.473. The van der Waals surface area contributed by atoms with Crippen molar-refractivity contribution in [3.8, 4) is 5.75 Å². The molecule has 3 aromatic rings. The molecule has 1 amide bonds. The van der Waals surface area contributed by atoms with E-state index in [0.717, 1.165) is 16.9 Å². The van der Waals surface area contributed by atoms with Crippen LogP contribution in [0, 0.1) is 5.82 Å². The Morgan fingerprint density at radius 3 is 2.29 bits per heavy atom. The number of benzene rings is 2. The molecule has 0 aliphatic rings. The Morgan fingerprint density at radius 1 is 1.03 bits per heavy atom. The van der Waals surface area contributed by atoms with Crippen LogP contribution in [-0.4, -0.2) is 43.2 Å². The highest BCUT2D eigenvalue weighted by atomic mass is 19.1. The number of halogens is 1. The number of aromatic nitrogens is 1. The van der Waals surface area contributed by atoms with E-state index in [-0.39, 0.29) is 17.4 Å². The number of carbonyl (C=O) groups excluding carboxylic acids is 1. The first-order chi connectivity index (χ1) is 15.1. The summed E-state index contributed by atoms with van der Waals surface area (Å²) in [4.78, 5) is 18.6. The molecule has 0 fully saturated rings. The second-order valence-electron chi connectivity index (χ2n) is 6.99. The van der Waals surface area contributed by atoms with Gasteiger partial charge in [0.2, 0.25) is 5.89 Å². The van der Waals surface area contributed by atoms with Gasteiger partial charge < -0.3 is 19.2 Å². The lowest BCUT2D eigenvalue weighted by Crippen LogP contribution is -2.27. The SMILES string of the molecule is COCCNC(=O)c1coc(CN(Cc2ccc(F)cc2)Cc2ccc(OC)cc2)n1. The number of nitrogens with one attached hydrogen (secondary N) is 1. The molecule has 0 aliphatic carbocycles. The van der Waals surface area contributed by atoms with E-state index in [1.54, 1.807) is 26.4 Å². The summed E-state index contributed by atoms with van der Waals surface area (Å²) in [5.41, 5.74) is 2.25. The molecule has 1 N–H and O–H groups in total. The Morgan fingerprint density at radius 2 is 1.68 bits per heavy atom. The summed E-state index contributed by atoms with van der Waals surface area (Å²) in [6.07, 6.45) is 1.35. The number of nitrogens with zero attached hydrogens (tertiary/aromatic N) is 2. The molecule has 8 heteroatoms. The first-order valence-corrected chi connectivity index (χ1v) is 9.88. The summed E-state index contributed by atoms with van der Waals surface area (Å²) in [5, 5.41) is 2.71. The van der Waals surface area contributed by atoms with Crippen LogP contribution in [0.15, 0.2) is 59.2 Å². The standard InChI is InChI=1S/C23H26FN3O4/c1-29-12-11-25-23(28)21-16-31-22(26-21)15-27(13-17-3-7-19(24)8-4-17)14-18-5-9-20(30-2)10-6-18/h3-10,16H,11-15H2,1-2H3,(H,25,28). The highest BCUT2D eigenvalue weighted by Crippen LogP contribution is 2.17. The van der Waals surface area contributed by atoms with Crippen molar-refractivity contribution in [2.45, 2.75) is 19.6 Å². The van der Waals surface area contributed by atoms with Gasteiger partial charge in [-0.3, -0.25) is 9.69 Å². The molecule has 3 rings (SSSR count). The zero-order valence-electron chi connectivity index (χ0n) is 17.6. The molecule has 31 heavy (non-hydrogen) atoms. The van der Waals surface area contributed by atoms with Crippen molar-refractivity contribution in [2.75, 3.05) is 27.4 Å². The minimum Gasteiger partial charge on any atom is -0.497 e. The van der Waals surface area contributed by atoms with Gasteiger partial charge in [-0.2, -0.15) is 0 Å². The van der Waals surface area contributed by atoms with Crippen LogP contribution in [0.1, 0.15) is 27.5 Å². The molecular weight excluding hydrogens is 401 g/mol. The summed E-state index contributed by atoms with van der Waals surface area (Å²) in [6.45, 7) is 2.37. The Bertz CT molecular complexity index is 958. The predicted octanol–water partition coefficient (Wildman–Crippen LogP) is 3.40. The monoisotopic (exact) mass is 427 g/mol. The van der Waals surface area contributed by atoms with Crippen molar-refractivity contribution < 1.29 is 23.1 Å². The maximum absolute atomic E-state index is 13.3. The zero-order valence-corrected chi connectivity index (χ0v) is 17.6. The summed E-state index contributed by atoms with van der Waals surface area (Å²) in [7, 11) is 3.19. The first kappa shape index (κ1) is 22.5. The molecule has 1 heterocycles. The van der Waals surface area contributed by atoms with Gasteiger partial charge in [-0.25, -0.2) is 9.37 Å². The molecule has 0 unspecified atom stereocenters. The molecule has 0 radical (unpaired) electrons. The van der Waals surface area contributed by atoms with Crippen molar-refractivity contribution in [1.82, 2.24) is 15.2 Å². The van der Waals surface area contributed by atoms with E-state index in [4.69, 9.17) is 13.9 Å². The highest BCUT2D eigenvalue weighted by molar-refractivity contribution is 5.91. The van der Waals surface area contributed by atoms with Crippen LogP contribution < -0.4 is 10.1 Å². The van der Waals surface area contributed by atoms with Gasteiger partial charge in [0, 0.05) is 26.7 Å². The smallest absolute Gasteiger partial charge is 0.273 e. The number of ether oxygens (including phenoxy) is 2. The predicted molar refractivity (Wildman–Crippen MR) is 113 cm³/mol. The minimum atomic E-state index is -0.313. The van der Waals surface area contributed by atoms with Gasteiger partial charge in [-0.15, -0.1) is 0 Å². The average molecular weight is 427 g/mol.